The monoisotopic (exact) mass is 862 g/mol. The van der Waals surface area contributed by atoms with Crippen LogP contribution in [0.1, 0.15) is 69.4 Å². The largest absolute Gasteiger partial charge is 0.494 e. The molecule has 0 bridgehead atoms. The summed E-state index contributed by atoms with van der Waals surface area (Å²) in [6.45, 7) is 11.1. The van der Waals surface area contributed by atoms with Gasteiger partial charge in [-0.05, 0) is 152 Å². The Bertz CT molecular complexity index is 1200. The van der Waals surface area contributed by atoms with E-state index in [0.29, 0.717) is 25.5 Å². The minimum absolute atomic E-state index is 0.0230. The lowest BCUT2D eigenvalue weighted by Gasteiger charge is -2.24. The first-order valence-electron chi connectivity index (χ1n) is 15.9. The third kappa shape index (κ3) is 16.4. The Hall–Kier alpha value is -1.71. The third-order valence-corrected chi connectivity index (χ3v) is 8.81. The lowest BCUT2D eigenvalue weighted by molar-refractivity contribution is 0.115. The van der Waals surface area contributed by atoms with Gasteiger partial charge in [0.05, 0.1) is 38.6 Å². The highest BCUT2D eigenvalue weighted by molar-refractivity contribution is 14.1. The molecular weight excluding hydrogens is 810 g/mol. The molecule has 0 aromatic heterocycles. The van der Waals surface area contributed by atoms with Gasteiger partial charge >= 0.3 is 0 Å². The van der Waals surface area contributed by atoms with Crippen molar-refractivity contribution in [2.45, 2.75) is 82.2 Å². The number of nitrogens with two attached hydrogens (primary N) is 1. The fraction of sp³-hybridized carbons (Fsp3) is 0.528. The summed E-state index contributed by atoms with van der Waals surface area (Å²) in [5.74, 6) is 2.43. The zero-order chi connectivity index (χ0) is 33.8. The van der Waals surface area contributed by atoms with Crippen LogP contribution >= 0.6 is 45.2 Å². The smallest absolute Gasteiger partial charge is 0.180 e. The highest BCUT2D eigenvalue weighted by atomic mass is 127. The van der Waals surface area contributed by atoms with Crippen molar-refractivity contribution in [3.8, 4) is 11.5 Å². The Morgan fingerprint density at radius 3 is 1.72 bits per heavy atom. The number of aliphatic imine (C=N–C) groups is 1. The summed E-state index contributed by atoms with van der Waals surface area (Å²) in [7, 11) is 0. The Labute approximate surface area is 302 Å². The summed E-state index contributed by atoms with van der Waals surface area (Å²) < 4.78 is 19.2. The number of unbranched alkanes of at least 4 members (excludes halogenated alkanes) is 2. The number of hydrogen-bond donors (Lipinski definition) is 4. The van der Waals surface area contributed by atoms with E-state index in [1.165, 1.54) is 12.7 Å². The maximum absolute atomic E-state index is 9.62. The van der Waals surface area contributed by atoms with E-state index < -0.39 is 11.1 Å². The first kappa shape index (κ1) is 40.5. The molecule has 3 rings (SSSR count). The van der Waals surface area contributed by atoms with Gasteiger partial charge in [-0.15, -0.1) is 0 Å². The number of halogens is 2. The van der Waals surface area contributed by atoms with Gasteiger partial charge in [0.2, 0.25) is 0 Å². The summed E-state index contributed by atoms with van der Waals surface area (Å²) in [6.07, 6.45) is 9.27. The zero-order valence-electron chi connectivity index (χ0n) is 27.2. The lowest BCUT2D eigenvalue weighted by Crippen LogP contribution is -2.47. The van der Waals surface area contributed by atoms with E-state index in [1.807, 2.05) is 43.3 Å². The van der Waals surface area contributed by atoms with E-state index in [4.69, 9.17) is 19.9 Å². The van der Waals surface area contributed by atoms with Crippen molar-refractivity contribution in [1.82, 2.24) is 0 Å². The second kappa shape index (κ2) is 22.0. The number of ether oxygens (including phenoxy) is 3. The number of aliphatic hydroxyl groups excluding tert-OH is 3. The molecule has 1 heterocycles. The number of rotatable bonds is 21. The number of hydrogen-bond acceptors (Lipinski definition) is 8. The van der Waals surface area contributed by atoms with Gasteiger partial charge in [0.25, 0.3) is 0 Å². The van der Waals surface area contributed by atoms with Crippen molar-refractivity contribution in [3.63, 3.8) is 0 Å². The highest BCUT2D eigenvalue weighted by Crippen LogP contribution is 2.25. The van der Waals surface area contributed by atoms with Crippen LogP contribution in [0.15, 0.2) is 73.8 Å². The summed E-state index contributed by atoms with van der Waals surface area (Å²) in [5, 5.41) is 28.0. The molecule has 0 amide bonds. The van der Waals surface area contributed by atoms with Crippen LogP contribution in [-0.2, 0) is 17.6 Å². The molecule has 10 heteroatoms. The molecule has 0 spiro atoms. The normalized spacial score (nSPS) is 15.8. The predicted molar refractivity (Wildman–Crippen MR) is 205 cm³/mol. The van der Waals surface area contributed by atoms with Crippen molar-refractivity contribution in [1.29, 1.82) is 0 Å². The summed E-state index contributed by atoms with van der Waals surface area (Å²) in [4.78, 5) is 4.45. The third-order valence-electron chi connectivity index (χ3n) is 7.73. The molecular formula is C36H52I2N2O6. The van der Waals surface area contributed by atoms with Crippen molar-refractivity contribution < 1.29 is 29.5 Å². The molecule has 256 valence electrons. The second-order valence-electron chi connectivity index (χ2n) is 11.9. The molecule has 0 saturated heterocycles. The summed E-state index contributed by atoms with van der Waals surface area (Å²) >= 11 is 4.52. The molecule has 2 aromatic rings. The topological polar surface area (TPSA) is 127 Å². The van der Waals surface area contributed by atoms with Gasteiger partial charge in [-0.1, -0.05) is 37.4 Å². The number of aliphatic hydroxyl groups is 3. The van der Waals surface area contributed by atoms with Crippen LogP contribution in [0.2, 0.25) is 0 Å². The highest BCUT2D eigenvalue weighted by Gasteiger charge is 2.34. The number of aryl methyl sites for hydroxylation is 2. The fourth-order valence-corrected chi connectivity index (χ4v) is 5.39. The summed E-state index contributed by atoms with van der Waals surface area (Å²) in [6, 6.07) is 16.1. The van der Waals surface area contributed by atoms with Gasteiger partial charge < -0.3 is 35.3 Å². The first-order chi connectivity index (χ1) is 22.0. The molecule has 0 fully saturated rings. The van der Waals surface area contributed by atoms with E-state index in [0.717, 1.165) is 81.5 Å². The Balaban J connectivity index is 0.000000322. The van der Waals surface area contributed by atoms with E-state index in [-0.39, 0.29) is 19.8 Å². The van der Waals surface area contributed by atoms with Gasteiger partial charge in [-0.3, -0.25) is 0 Å². The number of allylic oxidation sites excluding steroid dienone is 2. The van der Waals surface area contributed by atoms with Crippen molar-refractivity contribution in [3.05, 3.63) is 80.0 Å². The average molecular weight is 863 g/mol. The van der Waals surface area contributed by atoms with Gasteiger partial charge in [0, 0.05) is 6.92 Å². The number of benzene rings is 2. The molecule has 1 aliphatic rings. The van der Waals surface area contributed by atoms with Crippen LogP contribution in [0.25, 0.3) is 0 Å². The molecule has 0 saturated carbocycles. The molecule has 0 aliphatic carbocycles. The van der Waals surface area contributed by atoms with Crippen molar-refractivity contribution in [2.24, 2.45) is 10.7 Å². The Kier molecular flexibility index (Phi) is 19.4. The van der Waals surface area contributed by atoms with Crippen LogP contribution in [-0.4, -0.2) is 71.9 Å². The standard InChI is InChI=1S/C19H26INO3.C17H26INO3/c1-15(20)5-3-4-12-23-18-8-6-17(7-9-18)10-11-19(13-22)14-24-16(2)21-19;1-14(18)4-2-3-11-22-16-7-5-15(6-8-16)9-10-17(19,12-20)13-21/h6-9,22H,1,3-5,10-14H2,2H3;5-8,20-21H,1-4,9-13,19H2. The molecule has 2 aromatic carbocycles. The van der Waals surface area contributed by atoms with Crippen LogP contribution < -0.4 is 15.2 Å². The maximum Gasteiger partial charge on any atom is 0.180 e. The van der Waals surface area contributed by atoms with E-state index >= 15 is 0 Å². The molecule has 1 unspecified atom stereocenters. The molecule has 46 heavy (non-hydrogen) atoms. The molecule has 8 nitrogen and oxygen atoms in total. The second-order valence-corrected chi connectivity index (χ2v) is 15.0. The SMILES string of the molecule is C=C(I)CCCCOc1ccc(CCC(N)(CO)CO)cc1.C=C(I)CCCCOc1ccc(CCC2(CO)COC(C)=N2)cc1. The maximum atomic E-state index is 9.62. The molecule has 5 N–H and O–H groups in total. The van der Waals surface area contributed by atoms with Gasteiger partial charge in [0.1, 0.15) is 23.6 Å². The van der Waals surface area contributed by atoms with E-state index in [1.54, 1.807) is 0 Å². The zero-order valence-corrected chi connectivity index (χ0v) is 31.5. The summed E-state index contributed by atoms with van der Waals surface area (Å²) in [5.41, 5.74) is 6.82. The van der Waals surface area contributed by atoms with Gasteiger partial charge in [0.15, 0.2) is 5.90 Å². The number of nitrogens with zero attached hydrogens (tertiary/aromatic N) is 1. The quantitative estimate of drug-likeness (QED) is 0.0780. The minimum Gasteiger partial charge on any atom is -0.494 e. The van der Waals surface area contributed by atoms with Crippen molar-refractivity contribution >= 4 is 51.1 Å². The first-order valence-corrected chi connectivity index (χ1v) is 18.1. The molecule has 1 aliphatic heterocycles. The van der Waals surface area contributed by atoms with E-state index in [9.17, 15) is 15.3 Å². The van der Waals surface area contributed by atoms with Gasteiger partial charge in [-0.2, -0.15) is 0 Å². The minimum atomic E-state index is -0.905. The van der Waals surface area contributed by atoms with E-state index in [2.05, 4.69) is 75.5 Å². The Morgan fingerprint density at radius 1 is 0.848 bits per heavy atom. The van der Waals surface area contributed by atoms with Crippen LogP contribution in [0, 0.1) is 0 Å². The Morgan fingerprint density at radius 2 is 1.33 bits per heavy atom. The predicted octanol–water partition coefficient (Wildman–Crippen LogP) is 7.10. The fourth-order valence-electron chi connectivity index (χ4n) is 4.63. The van der Waals surface area contributed by atoms with Crippen molar-refractivity contribution in [2.75, 3.05) is 39.6 Å². The molecule has 1 atom stereocenters. The molecule has 0 radical (unpaired) electrons. The van der Waals surface area contributed by atoms with Gasteiger partial charge in [-0.25, -0.2) is 4.99 Å². The van der Waals surface area contributed by atoms with Crippen LogP contribution in [0.4, 0.5) is 0 Å². The average Bonchev–Trinajstić information content (AvgIpc) is 3.44. The lowest BCUT2D eigenvalue weighted by atomic mass is 9.94. The van der Waals surface area contributed by atoms with Crippen LogP contribution in [0.5, 0.6) is 11.5 Å². The van der Waals surface area contributed by atoms with Crippen LogP contribution in [0.3, 0.4) is 0 Å².